The van der Waals surface area contributed by atoms with E-state index in [1.54, 1.807) is 38.0 Å². The molecule has 0 saturated heterocycles. The monoisotopic (exact) mass is 562 g/mol. The summed E-state index contributed by atoms with van der Waals surface area (Å²) in [5.41, 5.74) is 3.83. The minimum Gasteiger partial charge on any atom is -0.497 e. The van der Waals surface area contributed by atoms with Crippen molar-refractivity contribution in [3.63, 3.8) is 0 Å². The Bertz CT molecular complexity index is 1640. The molecule has 3 heterocycles. The SMILES string of the molecule is COc1ccc(-c2ccc(CN(CCCNc3nsc4cccnc34)S(=O)(=O)c3cn(C)c(C)n3)cc2)cc1. The molecule has 0 aliphatic carbocycles. The van der Waals surface area contributed by atoms with Gasteiger partial charge in [0.25, 0.3) is 10.0 Å². The minimum absolute atomic E-state index is 0.0556. The van der Waals surface area contributed by atoms with Crippen molar-refractivity contribution in [3.05, 3.63) is 84.4 Å². The van der Waals surface area contributed by atoms with Crippen LogP contribution in [0.15, 0.2) is 78.1 Å². The van der Waals surface area contributed by atoms with Crippen LogP contribution in [0.25, 0.3) is 21.3 Å². The molecule has 0 unspecified atom stereocenters. The van der Waals surface area contributed by atoms with Crippen LogP contribution in [0.1, 0.15) is 17.8 Å². The van der Waals surface area contributed by atoms with Gasteiger partial charge in [-0.05, 0) is 65.8 Å². The molecule has 0 spiro atoms. The quantitative estimate of drug-likeness (QED) is 0.223. The number of nitrogens with zero attached hydrogens (tertiary/aromatic N) is 5. The number of hydrogen-bond acceptors (Lipinski definition) is 8. The van der Waals surface area contributed by atoms with E-state index in [9.17, 15) is 8.42 Å². The van der Waals surface area contributed by atoms with Crippen LogP contribution >= 0.6 is 11.5 Å². The summed E-state index contributed by atoms with van der Waals surface area (Å²) in [7, 11) is -0.372. The van der Waals surface area contributed by atoms with Gasteiger partial charge >= 0.3 is 0 Å². The second-order valence-corrected chi connectivity index (χ2v) is 11.9. The van der Waals surface area contributed by atoms with E-state index in [-0.39, 0.29) is 11.6 Å². The molecule has 0 atom stereocenters. The number of hydrogen-bond donors (Lipinski definition) is 1. The van der Waals surface area contributed by atoms with Gasteiger partial charge in [0.1, 0.15) is 17.1 Å². The summed E-state index contributed by atoms with van der Waals surface area (Å²) in [5.74, 6) is 2.16. The topological polar surface area (TPSA) is 102 Å². The van der Waals surface area contributed by atoms with Gasteiger partial charge in [-0.15, -0.1) is 0 Å². The van der Waals surface area contributed by atoms with Gasteiger partial charge in [-0.1, -0.05) is 36.4 Å². The molecule has 11 heteroatoms. The normalized spacial score (nSPS) is 11.8. The smallest absolute Gasteiger partial charge is 0.262 e. The highest BCUT2D eigenvalue weighted by Crippen LogP contribution is 2.26. The Hall–Kier alpha value is -3.80. The van der Waals surface area contributed by atoms with Crippen LogP contribution in [0.2, 0.25) is 0 Å². The van der Waals surface area contributed by atoms with Crippen molar-refractivity contribution in [3.8, 4) is 16.9 Å². The summed E-state index contributed by atoms with van der Waals surface area (Å²) in [5, 5.41) is 3.37. The second kappa shape index (κ2) is 11.5. The molecule has 202 valence electrons. The van der Waals surface area contributed by atoms with Gasteiger partial charge in [-0.2, -0.15) is 8.68 Å². The van der Waals surface area contributed by atoms with Gasteiger partial charge in [-0.3, -0.25) is 4.98 Å². The van der Waals surface area contributed by atoms with Gasteiger partial charge in [-0.25, -0.2) is 13.4 Å². The van der Waals surface area contributed by atoms with E-state index in [4.69, 9.17) is 4.74 Å². The molecular formula is C28H30N6O3S2. The molecule has 39 heavy (non-hydrogen) atoms. The highest BCUT2D eigenvalue weighted by atomic mass is 32.2. The number of ether oxygens (including phenoxy) is 1. The van der Waals surface area contributed by atoms with Gasteiger partial charge < -0.3 is 14.6 Å². The lowest BCUT2D eigenvalue weighted by atomic mass is 10.0. The van der Waals surface area contributed by atoms with Crippen LogP contribution in [0.3, 0.4) is 0 Å². The summed E-state index contributed by atoms with van der Waals surface area (Å²) < 4.78 is 41.2. The van der Waals surface area contributed by atoms with Crippen LogP contribution in [0.5, 0.6) is 5.75 Å². The number of rotatable bonds is 11. The predicted octanol–water partition coefficient (Wildman–Crippen LogP) is 5.10. The molecular weight excluding hydrogens is 532 g/mol. The summed E-state index contributed by atoms with van der Waals surface area (Å²) >= 11 is 1.39. The zero-order valence-corrected chi connectivity index (χ0v) is 23.7. The average Bonchev–Trinajstić information content (AvgIpc) is 3.53. The highest BCUT2D eigenvalue weighted by Gasteiger charge is 2.27. The number of imidazole rings is 1. The van der Waals surface area contributed by atoms with E-state index in [2.05, 4.69) is 19.7 Å². The lowest BCUT2D eigenvalue weighted by molar-refractivity contribution is 0.401. The molecule has 5 rings (SSSR count). The third-order valence-electron chi connectivity index (χ3n) is 6.53. The lowest BCUT2D eigenvalue weighted by Crippen LogP contribution is -2.32. The Kier molecular flexibility index (Phi) is 7.92. The van der Waals surface area contributed by atoms with E-state index >= 15 is 0 Å². The summed E-state index contributed by atoms with van der Waals surface area (Å²) in [6, 6.07) is 19.7. The maximum atomic E-state index is 13.6. The van der Waals surface area contributed by atoms with Crippen molar-refractivity contribution < 1.29 is 13.2 Å². The van der Waals surface area contributed by atoms with E-state index in [1.165, 1.54) is 15.8 Å². The Morgan fingerprint density at radius 2 is 1.77 bits per heavy atom. The van der Waals surface area contributed by atoms with E-state index in [1.807, 2.05) is 60.7 Å². The molecule has 2 aromatic carbocycles. The molecule has 0 aliphatic heterocycles. The van der Waals surface area contributed by atoms with Gasteiger partial charge in [0.2, 0.25) is 0 Å². The largest absolute Gasteiger partial charge is 0.497 e. The van der Waals surface area contributed by atoms with Gasteiger partial charge in [0.05, 0.1) is 11.8 Å². The van der Waals surface area contributed by atoms with Crippen LogP contribution < -0.4 is 10.1 Å². The molecule has 9 nitrogen and oxygen atoms in total. The van der Waals surface area contributed by atoms with Crippen LogP contribution in [0, 0.1) is 6.92 Å². The first-order valence-corrected chi connectivity index (χ1v) is 14.7. The number of anilines is 1. The number of aromatic nitrogens is 4. The molecule has 0 fully saturated rings. The van der Waals surface area contributed by atoms with Crippen molar-refractivity contribution in [2.45, 2.75) is 24.9 Å². The minimum atomic E-state index is -3.81. The Morgan fingerprint density at radius 3 is 2.44 bits per heavy atom. The molecule has 0 radical (unpaired) electrons. The summed E-state index contributed by atoms with van der Waals surface area (Å²) in [4.78, 5) is 8.71. The first kappa shape index (κ1) is 26.8. The number of nitrogens with one attached hydrogen (secondary N) is 1. The van der Waals surface area contributed by atoms with Crippen molar-refractivity contribution in [2.24, 2.45) is 7.05 Å². The number of methoxy groups -OCH3 is 1. The molecule has 0 amide bonds. The molecule has 0 saturated carbocycles. The van der Waals surface area contributed by atoms with Crippen LogP contribution in [-0.2, 0) is 23.6 Å². The maximum absolute atomic E-state index is 13.6. The predicted molar refractivity (Wildman–Crippen MR) is 154 cm³/mol. The third kappa shape index (κ3) is 5.95. The molecule has 5 aromatic rings. The average molecular weight is 563 g/mol. The van der Waals surface area contributed by atoms with Crippen molar-refractivity contribution in [1.82, 2.24) is 23.2 Å². The number of sulfonamides is 1. The Morgan fingerprint density at radius 1 is 1.05 bits per heavy atom. The molecule has 0 aliphatic rings. The van der Waals surface area contributed by atoms with Crippen molar-refractivity contribution in [1.29, 1.82) is 0 Å². The second-order valence-electron chi connectivity index (χ2n) is 9.16. The van der Waals surface area contributed by atoms with E-state index < -0.39 is 10.0 Å². The molecule has 3 aromatic heterocycles. The highest BCUT2D eigenvalue weighted by molar-refractivity contribution is 7.89. The molecule has 0 bridgehead atoms. The number of pyridine rings is 1. The maximum Gasteiger partial charge on any atom is 0.262 e. The van der Waals surface area contributed by atoms with Crippen LogP contribution in [-0.4, -0.2) is 51.8 Å². The van der Waals surface area contributed by atoms with E-state index in [0.29, 0.717) is 25.3 Å². The standard InChI is InChI=1S/C28H30N6O3S2/c1-20-31-26(19-33(20)2)39(35,36)34(17-5-16-30-28-27-25(38-32-28)6-4-15-29-27)18-21-7-9-22(10-8-21)23-11-13-24(37-3)14-12-23/h4,6-15,19H,5,16-18H2,1-3H3,(H,30,32). The van der Waals surface area contributed by atoms with Gasteiger partial charge in [0, 0.05) is 39.1 Å². The Balaban J connectivity index is 1.31. The van der Waals surface area contributed by atoms with Crippen molar-refractivity contribution >= 4 is 37.6 Å². The zero-order chi connectivity index (χ0) is 27.4. The summed E-state index contributed by atoms with van der Waals surface area (Å²) in [6.07, 6.45) is 3.89. The number of fused-ring (bicyclic) bond motifs is 1. The first-order valence-electron chi connectivity index (χ1n) is 12.5. The Labute approximate surface area is 232 Å². The van der Waals surface area contributed by atoms with Crippen LogP contribution in [0.4, 0.5) is 5.82 Å². The number of benzene rings is 2. The first-order chi connectivity index (χ1) is 18.8. The summed E-state index contributed by atoms with van der Waals surface area (Å²) in [6.45, 7) is 2.90. The molecule has 1 N–H and O–H groups in total. The van der Waals surface area contributed by atoms with E-state index in [0.717, 1.165) is 38.5 Å². The fraction of sp³-hybridized carbons (Fsp3) is 0.250. The number of aryl methyl sites for hydroxylation is 2. The fourth-order valence-corrected chi connectivity index (χ4v) is 6.42. The lowest BCUT2D eigenvalue weighted by Gasteiger charge is -2.21. The fourth-order valence-electron chi connectivity index (χ4n) is 4.22. The zero-order valence-electron chi connectivity index (χ0n) is 22.0. The van der Waals surface area contributed by atoms with Gasteiger partial charge in [0.15, 0.2) is 10.8 Å². The third-order valence-corrected chi connectivity index (χ3v) is 9.05. The van der Waals surface area contributed by atoms with Crippen molar-refractivity contribution in [2.75, 3.05) is 25.5 Å².